The zero-order valence-electron chi connectivity index (χ0n) is 12.0. The van der Waals surface area contributed by atoms with Crippen LogP contribution in [-0.4, -0.2) is 17.1 Å². The highest BCUT2D eigenvalue weighted by Gasteiger charge is 2.40. The van der Waals surface area contributed by atoms with Crippen molar-refractivity contribution in [1.29, 1.82) is 0 Å². The highest BCUT2D eigenvalue weighted by atomic mass is 16.2. The molecule has 2 aliphatic rings. The molecule has 3 heteroatoms. The van der Waals surface area contributed by atoms with E-state index in [1.54, 1.807) is 0 Å². The molecule has 2 saturated carbocycles. The Labute approximate surface area is 116 Å². The maximum Gasteiger partial charge on any atom is 0.218 e. The molecule has 2 aliphatic carbocycles. The van der Waals surface area contributed by atoms with Gasteiger partial charge in [0.05, 0.1) is 5.54 Å². The Morgan fingerprint density at radius 3 is 1.79 bits per heavy atom. The van der Waals surface area contributed by atoms with Gasteiger partial charge < -0.3 is 5.73 Å². The summed E-state index contributed by atoms with van der Waals surface area (Å²) < 4.78 is 0. The molecule has 2 rings (SSSR count). The second kappa shape index (κ2) is 6.65. The normalized spacial score (nSPS) is 25.3. The number of hydrogen-bond donors (Lipinski definition) is 1. The smallest absolute Gasteiger partial charge is 0.218 e. The van der Waals surface area contributed by atoms with E-state index in [1.807, 2.05) is 0 Å². The zero-order valence-corrected chi connectivity index (χ0v) is 12.0. The van der Waals surface area contributed by atoms with Crippen LogP contribution in [0.15, 0.2) is 0 Å². The van der Waals surface area contributed by atoms with Gasteiger partial charge in [-0.3, -0.25) is 9.59 Å². The summed E-state index contributed by atoms with van der Waals surface area (Å²) in [6, 6.07) is 0. The molecule has 0 aliphatic heterocycles. The summed E-state index contributed by atoms with van der Waals surface area (Å²) >= 11 is 0. The third kappa shape index (κ3) is 3.65. The van der Waals surface area contributed by atoms with Crippen molar-refractivity contribution < 1.29 is 9.59 Å². The van der Waals surface area contributed by atoms with Gasteiger partial charge in [-0.25, -0.2) is 0 Å². The number of carbonyl (C=O) groups excluding carboxylic acids is 2. The number of rotatable bonds is 3. The summed E-state index contributed by atoms with van der Waals surface area (Å²) in [4.78, 5) is 24.9. The first-order valence-electron chi connectivity index (χ1n) is 8.01. The lowest BCUT2D eigenvalue weighted by molar-refractivity contribution is -0.142. The van der Waals surface area contributed by atoms with Gasteiger partial charge in [0.2, 0.25) is 11.6 Å². The summed E-state index contributed by atoms with van der Waals surface area (Å²) in [5.41, 5.74) is 5.43. The SMILES string of the molecule is NC1(C(=O)C(=O)C2CCCCCC2)CCCCCC1. The first-order valence-corrected chi connectivity index (χ1v) is 8.01. The summed E-state index contributed by atoms with van der Waals surface area (Å²) in [5.74, 6) is -0.466. The van der Waals surface area contributed by atoms with Gasteiger partial charge in [0.15, 0.2) is 0 Å². The fraction of sp³-hybridized carbons (Fsp3) is 0.875. The molecule has 0 unspecified atom stereocenters. The number of hydrogen-bond acceptors (Lipinski definition) is 3. The Morgan fingerprint density at radius 2 is 1.26 bits per heavy atom. The van der Waals surface area contributed by atoms with Crippen LogP contribution in [0.25, 0.3) is 0 Å². The number of Topliss-reactive ketones (excluding diaryl/α,β-unsaturated/α-hetero) is 2. The van der Waals surface area contributed by atoms with Crippen LogP contribution in [0.1, 0.15) is 77.0 Å². The van der Waals surface area contributed by atoms with Crippen molar-refractivity contribution in [3.63, 3.8) is 0 Å². The number of carbonyl (C=O) groups is 2. The Bertz CT molecular complexity index is 322. The molecule has 0 spiro atoms. The summed E-state index contributed by atoms with van der Waals surface area (Å²) in [7, 11) is 0. The van der Waals surface area contributed by atoms with Crippen LogP contribution in [0.4, 0.5) is 0 Å². The highest BCUT2D eigenvalue weighted by Crippen LogP contribution is 2.30. The molecule has 0 radical (unpaired) electrons. The number of ketones is 2. The molecule has 0 heterocycles. The predicted molar refractivity (Wildman–Crippen MR) is 75.8 cm³/mol. The minimum atomic E-state index is -0.847. The van der Waals surface area contributed by atoms with Crippen LogP contribution in [0.2, 0.25) is 0 Å². The number of nitrogens with two attached hydrogens (primary N) is 1. The molecule has 3 nitrogen and oxygen atoms in total. The zero-order chi connectivity index (χ0) is 13.7. The van der Waals surface area contributed by atoms with Crippen LogP contribution >= 0.6 is 0 Å². The molecule has 0 amide bonds. The van der Waals surface area contributed by atoms with Gasteiger partial charge >= 0.3 is 0 Å². The van der Waals surface area contributed by atoms with Gasteiger partial charge in [-0.1, -0.05) is 51.4 Å². The van der Waals surface area contributed by atoms with Crippen LogP contribution < -0.4 is 5.73 Å². The van der Waals surface area contributed by atoms with Crippen molar-refractivity contribution in [2.75, 3.05) is 0 Å². The summed E-state index contributed by atoms with van der Waals surface area (Å²) in [6.07, 6.45) is 12.0. The Morgan fingerprint density at radius 1 is 0.789 bits per heavy atom. The molecular weight excluding hydrogens is 238 g/mol. The summed E-state index contributed by atoms with van der Waals surface area (Å²) in [6.45, 7) is 0. The monoisotopic (exact) mass is 265 g/mol. The van der Waals surface area contributed by atoms with Gasteiger partial charge in [0.25, 0.3) is 0 Å². The average molecular weight is 265 g/mol. The molecule has 2 fully saturated rings. The van der Waals surface area contributed by atoms with Gasteiger partial charge in [0.1, 0.15) is 0 Å². The molecule has 0 atom stereocenters. The van der Waals surface area contributed by atoms with E-state index in [1.165, 1.54) is 12.8 Å². The van der Waals surface area contributed by atoms with Crippen molar-refractivity contribution in [2.24, 2.45) is 11.7 Å². The highest BCUT2D eigenvalue weighted by molar-refractivity contribution is 6.41. The van der Waals surface area contributed by atoms with Gasteiger partial charge in [0, 0.05) is 5.92 Å². The third-order valence-electron chi connectivity index (χ3n) is 4.90. The van der Waals surface area contributed by atoms with E-state index in [2.05, 4.69) is 0 Å². The maximum absolute atomic E-state index is 12.5. The lowest BCUT2D eigenvalue weighted by atomic mass is 9.80. The standard InChI is InChI=1S/C16H27NO2/c17-16(11-7-3-4-8-12-16)15(19)14(18)13-9-5-1-2-6-10-13/h13H,1-12,17H2. The maximum atomic E-state index is 12.5. The average Bonchev–Trinajstić information content (AvgIpc) is 2.80. The Hall–Kier alpha value is -0.700. The van der Waals surface area contributed by atoms with Crippen molar-refractivity contribution in [3.8, 4) is 0 Å². The molecular formula is C16H27NO2. The van der Waals surface area contributed by atoms with E-state index in [0.29, 0.717) is 12.8 Å². The molecule has 0 aromatic rings. The molecule has 0 aromatic heterocycles. The van der Waals surface area contributed by atoms with Gasteiger partial charge in [-0.2, -0.15) is 0 Å². The van der Waals surface area contributed by atoms with Crippen molar-refractivity contribution in [2.45, 2.75) is 82.6 Å². The minimum absolute atomic E-state index is 0.0429. The molecule has 19 heavy (non-hydrogen) atoms. The first kappa shape index (κ1) is 14.7. The minimum Gasteiger partial charge on any atom is -0.319 e. The Balaban J connectivity index is 2.02. The predicted octanol–water partition coefficient (Wildman–Crippen LogP) is 3.15. The quantitative estimate of drug-likeness (QED) is 0.630. The molecule has 108 valence electrons. The fourth-order valence-electron chi connectivity index (χ4n) is 3.56. The van der Waals surface area contributed by atoms with Crippen LogP contribution in [0.5, 0.6) is 0 Å². The lowest BCUT2D eigenvalue weighted by Crippen LogP contribution is -2.52. The Kier molecular flexibility index (Phi) is 5.14. The van der Waals surface area contributed by atoms with Crippen molar-refractivity contribution in [3.05, 3.63) is 0 Å². The van der Waals surface area contributed by atoms with E-state index in [4.69, 9.17) is 5.73 Å². The van der Waals surface area contributed by atoms with Crippen LogP contribution in [0, 0.1) is 5.92 Å². The van der Waals surface area contributed by atoms with E-state index < -0.39 is 5.54 Å². The molecule has 2 N–H and O–H groups in total. The first-order chi connectivity index (χ1) is 9.13. The largest absolute Gasteiger partial charge is 0.319 e. The molecule has 0 aromatic carbocycles. The van der Waals surface area contributed by atoms with E-state index in [0.717, 1.165) is 51.4 Å². The van der Waals surface area contributed by atoms with Gasteiger partial charge in [-0.15, -0.1) is 0 Å². The van der Waals surface area contributed by atoms with Crippen molar-refractivity contribution >= 4 is 11.6 Å². The van der Waals surface area contributed by atoms with Gasteiger partial charge in [-0.05, 0) is 25.7 Å². The van der Waals surface area contributed by atoms with E-state index in [9.17, 15) is 9.59 Å². The molecule has 0 saturated heterocycles. The van der Waals surface area contributed by atoms with Crippen molar-refractivity contribution in [1.82, 2.24) is 0 Å². The van der Waals surface area contributed by atoms with E-state index >= 15 is 0 Å². The lowest BCUT2D eigenvalue weighted by Gasteiger charge is -2.27. The second-order valence-electron chi connectivity index (χ2n) is 6.45. The van der Waals surface area contributed by atoms with Crippen LogP contribution in [-0.2, 0) is 9.59 Å². The fourth-order valence-corrected chi connectivity index (χ4v) is 3.56. The molecule has 0 bridgehead atoms. The van der Waals surface area contributed by atoms with E-state index in [-0.39, 0.29) is 17.5 Å². The van der Waals surface area contributed by atoms with Crippen LogP contribution in [0.3, 0.4) is 0 Å². The summed E-state index contributed by atoms with van der Waals surface area (Å²) in [5, 5.41) is 0. The second-order valence-corrected chi connectivity index (χ2v) is 6.45. The topological polar surface area (TPSA) is 60.2 Å². The third-order valence-corrected chi connectivity index (χ3v) is 4.90.